The highest BCUT2D eigenvalue weighted by molar-refractivity contribution is 5.47. The fourth-order valence-corrected chi connectivity index (χ4v) is 4.71. The number of likely N-dealkylation sites (tertiary alicyclic amines) is 1. The summed E-state index contributed by atoms with van der Waals surface area (Å²) in [7, 11) is 1.75. The second kappa shape index (κ2) is 8.44. The molecule has 29 heavy (non-hydrogen) atoms. The van der Waals surface area contributed by atoms with Crippen LogP contribution in [0.4, 0.5) is 0 Å². The van der Waals surface area contributed by atoms with Crippen LogP contribution in [0.3, 0.4) is 0 Å². The van der Waals surface area contributed by atoms with E-state index in [2.05, 4.69) is 84.0 Å². The Morgan fingerprint density at radius 1 is 1.00 bits per heavy atom. The zero-order chi connectivity index (χ0) is 20.4. The fourth-order valence-electron chi connectivity index (χ4n) is 4.71. The van der Waals surface area contributed by atoms with Crippen LogP contribution < -0.4 is 10.5 Å². The van der Waals surface area contributed by atoms with E-state index in [1.54, 1.807) is 7.11 Å². The number of nitrogens with zero attached hydrogens (tertiary/aromatic N) is 2. The molecule has 0 amide bonds. The molecule has 1 saturated heterocycles. The van der Waals surface area contributed by atoms with Crippen LogP contribution in [0.1, 0.15) is 41.4 Å². The molecule has 2 aromatic carbocycles. The molecular formula is C25H31N3O. The van der Waals surface area contributed by atoms with E-state index in [1.165, 1.54) is 28.2 Å². The minimum absolute atomic E-state index is 0.147. The topological polar surface area (TPSA) is 43.4 Å². The Hall–Kier alpha value is -2.56. The van der Waals surface area contributed by atoms with Gasteiger partial charge in [-0.15, -0.1) is 0 Å². The highest BCUT2D eigenvalue weighted by atomic mass is 16.5. The van der Waals surface area contributed by atoms with E-state index in [1.807, 2.05) is 0 Å². The highest BCUT2D eigenvalue weighted by Crippen LogP contribution is 2.34. The minimum atomic E-state index is 0.147. The molecule has 1 aliphatic heterocycles. The number of hydrogen-bond donors (Lipinski definition) is 1. The summed E-state index contributed by atoms with van der Waals surface area (Å²) in [6.07, 6.45) is 2.19. The number of piperidine rings is 1. The van der Waals surface area contributed by atoms with Crippen molar-refractivity contribution in [1.29, 1.82) is 0 Å². The maximum absolute atomic E-state index is 6.60. The van der Waals surface area contributed by atoms with Crippen LogP contribution in [0.15, 0.2) is 60.7 Å². The third-order valence-corrected chi connectivity index (χ3v) is 6.09. The van der Waals surface area contributed by atoms with Crippen molar-refractivity contribution >= 4 is 0 Å². The quantitative estimate of drug-likeness (QED) is 0.684. The lowest BCUT2D eigenvalue weighted by atomic mass is 9.90. The molecule has 2 atom stereocenters. The SMILES string of the molecule is COc1ccc(-n2c(C)ccc2C)cc1CN1CCC[C@H](N)[C@@H]1c1ccccc1. The Balaban J connectivity index is 1.69. The van der Waals surface area contributed by atoms with Gasteiger partial charge in [0.1, 0.15) is 5.75 Å². The van der Waals surface area contributed by atoms with Gasteiger partial charge in [0.05, 0.1) is 13.2 Å². The summed E-state index contributed by atoms with van der Waals surface area (Å²) in [5.41, 5.74) is 12.7. The number of rotatable bonds is 5. The van der Waals surface area contributed by atoms with Crippen LogP contribution in [0.5, 0.6) is 5.75 Å². The summed E-state index contributed by atoms with van der Waals surface area (Å²) < 4.78 is 8.01. The van der Waals surface area contributed by atoms with Crippen molar-refractivity contribution < 1.29 is 4.74 Å². The first kappa shape index (κ1) is 19.7. The number of aromatic nitrogens is 1. The summed E-state index contributed by atoms with van der Waals surface area (Å²) in [4.78, 5) is 2.51. The van der Waals surface area contributed by atoms with Gasteiger partial charge in [-0.25, -0.2) is 0 Å². The van der Waals surface area contributed by atoms with Gasteiger partial charge in [-0.2, -0.15) is 0 Å². The zero-order valence-corrected chi connectivity index (χ0v) is 17.6. The van der Waals surface area contributed by atoms with E-state index >= 15 is 0 Å². The van der Waals surface area contributed by atoms with Crippen molar-refractivity contribution in [1.82, 2.24) is 9.47 Å². The summed E-state index contributed by atoms with van der Waals surface area (Å²) in [6.45, 7) is 6.16. The maximum Gasteiger partial charge on any atom is 0.123 e. The van der Waals surface area contributed by atoms with Gasteiger partial charge in [0.25, 0.3) is 0 Å². The van der Waals surface area contributed by atoms with Gasteiger partial charge in [0.15, 0.2) is 0 Å². The van der Waals surface area contributed by atoms with E-state index in [9.17, 15) is 0 Å². The molecule has 1 aliphatic rings. The highest BCUT2D eigenvalue weighted by Gasteiger charge is 2.30. The van der Waals surface area contributed by atoms with Crippen LogP contribution in [-0.2, 0) is 6.54 Å². The fraction of sp³-hybridized carbons (Fsp3) is 0.360. The third-order valence-electron chi connectivity index (χ3n) is 6.09. The number of aryl methyl sites for hydroxylation is 2. The molecule has 0 spiro atoms. The van der Waals surface area contributed by atoms with Crippen molar-refractivity contribution in [2.75, 3.05) is 13.7 Å². The number of hydrogen-bond acceptors (Lipinski definition) is 3. The predicted octanol–water partition coefficient (Wildman–Crippen LogP) is 4.77. The van der Waals surface area contributed by atoms with Gasteiger partial charge < -0.3 is 15.0 Å². The number of methoxy groups -OCH3 is 1. The molecule has 1 aromatic heterocycles. The van der Waals surface area contributed by atoms with Crippen LogP contribution in [-0.4, -0.2) is 29.2 Å². The molecule has 0 saturated carbocycles. The van der Waals surface area contributed by atoms with Gasteiger partial charge in [0.2, 0.25) is 0 Å². The van der Waals surface area contributed by atoms with E-state index in [0.29, 0.717) is 0 Å². The summed E-state index contributed by atoms with van der Waals surface area (Å²) in [6, 6.07) is 21.9. The first-order valence-electron chi connectivity index (χ1n) is 10.5. The Morgan fingerprint density at radius 2 is 1.72 bits per heavy atom. The normalized spacial score (nSPS) is 20.0. The zero-order valence-electron chi connectivity index (χ0n) is 17.6. The number of benzene rings is 2. The first-order valence-corrected chi connectivity index (χ1v) is 10.5. The Kier molecular flexibility index (Phi) is 5.74. The van der Waals surface area contributed by atoms with Crippen LogP contribution in [0, 0.1) is 13.8 Å². The molecule has 4 heteroatoms. The molecule has 0 aliphatic carbocycles. The minimum Gasteiger partial charge on any atom is -0.496 e. The van der Waals surface area contributed by atoms with Crippen molar-refractivity contribution in [3.05, 3.63) is 83.2 Å². The summed E-state index contributed by atoms with van der Waals surface area (Å²) >= 11 is 0. The van der Waals surface area contributed by atoms with Crippen molar-refractivity contribution in [2.45, 2.75) is 45.3 Å². The second-order valence-electron chi connectivity index (χ2n) is 8.08. The molecular weight excluding hydrogens is 358 g/mol. The molecule has 0 radical (unpaired) electrons. The maximum atomic E-state index is 6.60. The molecule has 1 fully saturated rings. The van der Waals surface area contributed by atoms with Crippen LogP contribution in [0.2, 0.25) is 0 Å². The van der Waals surface area contributed by atoms with Gasteiger partial charge in [-0.3, -0.25) is 4.90 Å². The number of ether oxygens (including phenoxy) is 1. The second-order valence-corrected chi connectivity index (χ2v) is 8.08. The lowest BCUT2D eigenvalue weighted by Crippen LogP contribution is -2.45. The standard InChI is InChI=1S/C25H31N3O/c1-18-11-12-19(2)28(18)22-13-14-24(29-3)21(16-22)17-27-15-7-10-23(26)25(27)20-8-5-4-6-9-20/h4-6,8-9,11-14,16,23,25H,7,10,15,17,26H2,1-3H3/t23-,25-/m0/s1. The van der Waals surface area contributed by atoms with Crippen LogP contribution >= 0.6 is 0 Å². The largest absolute Gasteiger partial charge is 0.496 e. The van der Waals surface area contributed by atoms with Crippen LogP contribution in [0.25, 0.3) is 5.69 Å². The Bertz CT molecular complexity index is 944. The number of nitrogens with two attached hydrogens (primary N) is 1. The van der Waals surface area contributed by atoms with Gasteiger partial charge in [-0.1, -0.05) is 30.3 Å². The van der Waals surface area contributed by atoms with Gasteiger partial charge >= 0.3 is 0 Å². The molecule has 2 N–H and O–H groups in total. The Labute approximate surface area is 173 Å². The lowest BCUT2D eigenvalue weighted by molar-refractivity contribution is 0.119. The van der Waals surface area contributed by atoms with E-state index in [0.717, 1.165) is 31.7 Å². The van der Waals surface area contributed by atoms with E-state index < -0.39 is 0 Å². The molecule has 2 heterocycles. The average Bonchev–Trinajstić information content (AvgIpc) is 3.07. The van der Waals surface area contributed by atoms with Crippen molar-refractivity contribution in [3.8, 4) is 11.4 Å². The van der Waals surface area contributed by atoms with Gasteiger partial charge in [0, 0.05) is 35.2 Å². The summed E-state index contributed by atoms with van der Waals surface area (Å²) in [5.74, 6) is 0.933. The van der Waals surface area contributed by atoms with E-state index in [4.69, 9.17) is 10.5 Å². The monoisotopic (exact) mass is 389 g/mol. The predicted molar refractivity (Wildman–Crippen MR) is 119 cm³/mol. The lowest BCUT2D eigenvalue weighted by Gasteiger charge is -2.40. The molecule has 0 bridgehead atoms. The molecule has 152 valence electrons. The molecule has 0 unspecified atom stereocenters. The molecule has 3 aromatic rings. The van der Waals surface area contributed by atoms with Crippen molar-refractivity contribution in [3.63, 3.8) is 0 Å². The Morgan fingerprint density at radius 3 is 2.41 bits per heavy atom. The molecule has 4 nitrogen and oxygen atoms in total. The van der Waals surface area contributed by atoms with E-state index in [-0.39, 0.29) is 12.1 Å². The summed E-state index contributed by atoms with van der Waals surface area (Å²) in [5, 5.41) is 0. The average molecular weight is 390 g/mol. The third kappa shape index (κ3) is 3.96. The first-order chi connectivity index (χ1) is 14.1. The molecule has 4 rings (SSSR count). The van der Waals surface area contributed by atoms with Crippen molar-refractivity contribution in [2.24, 2.45) is 5.73 Å². The smallest absolute Gasteiger partial charge is 0.123 e. The van der Waals surface area contributed by atoms with Gasteiger partial charge in [-0.05, 0) is 69.1 Å².